The van der Waals surface area contributed by atoms with Gasteiger partial charge in [-0.25, -0.2) is 0 Å². The molecule has 0 radical (unpaired) electrons. The lowest BCUT2D eigenvalue weighted by Crippen LogP contribution is -2.40. The SMILES string of the molecule is COCC(C)CC(=O)N(C)C(C)CN. The highest BCUT2D eigenvalue weighted by atomic mass is 16.5. The smallest absolute Gasteiger partial charge is 0.222 e. The summed E-state index contributed by atoms with van der Waals surface area (Å²) >= 11 is 0. The van der Waals surface area contributed by atoms with E-state index in [2.05, 4.69) is 0 Å². The first-order valence-electron chi connectivity index (χ1n) is 4.97. The van der Waals surface area contributed by atoms with Crippen molar-refractivity contribution in [2.75, 3.05) is 27.3 Å². The van der Waals surface area contributed by atoms with E-state index in [0.717, 1.165) is 0 Å². The van der Waals surface area contributed by atoms with Gasteiger partial charge in [-0.2, -0.15) is 0 Å². The van der Waals surface area contributed by atoms with Crippen molar-refractivity contribution in [2.24, 2.45) is 11.7 Å². The molecule has 0 spiro atoms. The number of likely N-dealkylation sites (N-methyl/N-ethyl adjacent to an activating group) is 1. The Morgan fingerprint density at radius 1 is 1.50 bits per heavy atom. The average molecular weight is 202 g/mol. The Bertz CT molecular complexity index is 174. The van der Waals surface area contributed by atoms with Crippen LogP contribution in [-0.2, 0) is 9.53 Å². The number of nitrogens with two attached hydrogens (primary N) is 1. The predicted octanol–water partition coefficient (Wildman–Crippen LogP) is 0.465. The van der Waals surface area contributed by atoms with Crippen LogP contribution in [0.4, 0.5) is 0 Å². The summed E-state index contributed by atoms with van der Waals surface area (Å²) in [4.78, 5) is 13.3. The van der Waals surface area contributed by atoms with Gasteiger partial charge in [0.2, 0.25) is 5.91 Å². The van der Waals surface area contributed by atoms with Crippen LogP contribution in [0.15, 0.2) is 0 Å². The van der Waals surface area contributed by atoms with Crippen LogP contribution in [0.5, 0.6) is 0 Å². The lowest BCUT2D eigenvalue weighted by molar-refractivity contribution is -0.132. The lowest BCUT2D eigenvalue weighted by atomic mass is 10.1. The molecule has 0 aromatic heterocycles. The largest absolute Gasteiger partial charge is 0.384 e. The van der Waals surface area contributed by atoms with E-state index in [1.54, 1.807) is 19.1 Å². The van der Waals surface area contributed by atoms with Crippen LogP contribution in [0.1, 0.15) is 20.3 Å². The third kappa shape index (κ3) is 4.58. The summed E-state index contributed by atoms with van der Waals surface area (Å²) in [7, 11) is 3.44. The van der Waals surface area contributed by atoms with Crippen molar-refractivity contribution < 1.29 is 9.53 Å². The fourth-order valence-electron chi connectivity index (χ4n) is 1.19. The molecule has 0 bridgehead atoms. The molecule has 4 heteroatoms. The molecule has 0 saturated heterocycles. The van der Waals surface area contributed by atoms with Crippen LogP contribution < -0.4 is 5.73 Å². The molecule has 0 saturated carbocycles. The van der Waals surface area contributed by atoms with E-state index in [4.69, 9.17) is 10.5 Å². The molecule has 1 amide bonds. The number of amides is 1. The summed E-state index contributed by atoms with van der Waals surface area (Å²) in [6.45, 7) is 5.07. The molecule has 0 aromatic rings. The molecule has 0 rings (SSSR count). The van der Waals surface area contributed by atoms with Crippen LogP contribution >= 0.6 is 0 Å². The van der Waals surface area contributed by atoms with E-state index in [1.807, 2.05) is 13.8 Å². The van der Waals surface area contributed by atoms with E-state index in [0.29, 0.717) is 19.6 Å². The van der Waals surface area contributed by atoms with Crippen LogP contribution in [0.25, 0.3) is 0 Å². The fraction of sp³-hybridized carbons (Fsp3) is 0.900. The summed E-state index contributed by atoms with van der Waals surface area (Å²) in [5.74, 6) is 0.396. The van der Waals surface area contributed by atoms with Gasteiger partial charge in [0.15, 0.2) is 0 Å². The van der Waals surface area contributed by atoms with Crippen molar-refractivity contribution in [3.8, 4) is 0 Å². The molecule has 2 atom stereocenters. The van der Waals surface area contributed by atoms with E-state index in [-0.39, 0.29) is 17.9 Å². The molecular weight excluding hydrogens is 180 g/mol. The zero-order chi connectivity index (χ0) is 11.1. The first kappa shape index (κ1) is 13.4. The maximum Gasteiger partial charge on any atom is 0.222 e. The molecular formula is C10H22N2O2. The van der Waals surface area contributed by atoms with Crippen LogP contribution in [-0.4, -0.2) is 44.2 Å². The number of hydrogen-bond donors (Lipinski definition) is 1. The molecule has 84 valence electrons. The van der Waals surface area contributed by atoms with Crippen molar-refractivity contribution in [3.63, 3.8) is 0 Å². The Morgan fingerprint density at radius 3 is 2.50 bits per heavy atom. The molecule has 0 aliphatic rings. The Balaban J connectivity index is 3.94. The molecule has 4 nitrogen and oxygen atoms in total. The van der Waals surface area contributed by atoms with Gasteiger partial charge in [-0.3, -0.25) is 4.79 Å². The van der Waals surface area contributed by atoms with Gasteiger partial charge in [0, 0.05) is 39.8 Å². The Morgan fingerprint density at radius 2 is 2.07 bits per heavy atom. The van der Waals surface area contributed by atoms with Gasteiger partial charge < -0.3 is 15.4 Å². The highest BCUT2D eigenvalue weighted by molar-refractivity contribution is 5.76. The molecule has 0 heterocycles. The fourth-order valence-corrected chi connectivity index (χ4v) is 1.19. The highest BCUT2D eigenvalue weighted by Gasteiger charge is 2.16. The molecule has 2 unspecified atom stereocenters. The monoisotopic (exact) mass is 202 g/mol. The maximum absolute atomic E-state index is 11.6. The van der Waals surface area contributed by atoms with Gasteiger partial charge >= 0.3 is 0 Å². The van der Waals surface area contributed by atoms with Crippen molar-refractivity contribution in [3.05, 3.63) is 0 Å². The van der Waals surface area contributed by atoms with Crippen molar-refractivity contribution in [2.45, 2.75) is 26.3 Å². The van der Waals surface area contributed by atoms with E-state index >= 15 is 0 Å². The van der Waals surface area contributed by atoms with E-state index in [1.165, 1.54) is 0 Å². The molecule has 14 heavy (non-hydrogen) atoms. The minimum Gasteiger partial charge on any atom is -0.384 e. The van der Waals surface area contributed by atoms with Gasteiger partial charge in [-0.1, -0.05) is 6.92 Å². The summed E-state index contributed by atoms with van der Waals surface area (Å²) < 4.78 is 4.98. The summed E-state index contributed by atoms with van der Waals surface area (Å²) in [6, 6.07) is 0.109. The Hall–Kier alpha value is -0.610. The highest BCUT2D eigenvalue weighted by Crippen LogP contribution is 2.06. The zero-order valence-corrected chi connectivity index (χ0v) is 9.62. The minimum atomic E-state index is 0.109. The summed E-state index contributed by atoms with van der Waals surface area (Å²) in [5.41, 5.74) is 5.48. The molecule has 2 N–H and O–H groups in total. The molecule has 0 aliphatic carbocycles. The van der Waals surface area contributed by atoms with Crippen molar-refractivity contribution in [1.29, 1.82) is 0 Å². The number of methoxy groups -OCH3 is 1. The van der Waals surface area contributed by atoms with Crippen LogP contribution in [0.2, 0.25) is 0 Å². The maximum atomic E-state index is 11.6. The third-order valence-electron chi connectivity index (χ3n) is 2.37. The number of carbonyl (C=O) groups excluding carboxylic acids is 1. The van der Waals surface area contributed by atoms with Crippen LogP contribution in [0, 0.1) is 5.92 Å². The third-order valence-corrected chi connectivity index (χ3v) is 2.37. The van der Waals surface area contributed by atoms with Crippen molar-refractivity contribution >= 4 is 5.91 Å². The summed E-state index contributed by atoms with van der Waals surface area (Å²) in [5, 5.41) is 0. The second-order valence-corrected chi connectivity index (χ2v) is 3.85. The predicted molar refractivity (Wildman–Crippen MR) is 56.9 cm³/mol. The molecule has 0 aromatic carbocycles. The quantitative estimate of drug-likeness (QED) is 0.681. The second-order valence-electron chi connectivity index (χ2n) is 3.85. The minimum absolute atomic E-state index is 0.109. The Labute approximate surface area is 86.4 Å². The first-order chi connectivity index (χ1) is 6.52. The Kier molecular flexibility index (Phi) is 6.49. The number of nitrogens with zero attached hydrogens (tertiary/aromatic N) is 1. The molecule has 0 fully saturated rings. The number of carbonyl (C=O) groups is 1. The lowest BCUT2D eigenvalue weighted by Gasteiger charge is -2.24. The van der Waals surface area contributed by atoms with Gasteiger partial charge in [-0.05, 0) is 12.8 Å². The van der Waals surface area contributed by atoms with Gasteiger partial charge in [-0.15, -0.1) is 0 Å². The van der Waals surface area contributed by atoms with Gasteiger partial charge in [0.1, 0.15) is 0 Å². The number of hydrogen-bond acceptors (Lipinski definition) is 3. The topological polar surface area (TPSA) is 55.6 Å². The van der Waals surface area contributed by atoms with E-state index in [9.17, 15) is 4.79 Å². The van der Waals surface area contributed by atoms with Gasteiger partial charge in [0.25, 0.3) is 0 Å². The normalized spacial score (nSPS) is 14.9. The average Bonchev–Trinajstić information content (AvgIpc) is 2.15. The van der Waals surface area contributed by atoms with E-state index < -0.39 is 0 Å². The first-order valence-corrected chi connectivity index (χ1v) is 4.97. The second kappa shape index (κ2) is 6.79. The zero-order valence-electron chi connectivity index (χ0n) is 9.62. The summed E-state index contributed by atoms with van der Waals surface area (Å²) in [6.07, 6.45) is 0.522. The van der Waals surface area contributed by atoms with Crippen molar-refractivity contribution in [1.82, 2.24) is 4.90 Å². The molecule has 0 aliphatic heterocycles. The standard InChI is InChI=1S/C10H22N2O2/c1-8(7-14-4)5-10(13)12(3)9(2)6-11/h8-9H,5-7,11H2,1-4H3. The number of rotatable bonds is 6. The van der Waals surface area contributed by atoms with Gasteiger partial charge in [0.05, 0.1) is 0 Å². The van der Waals surface area contributed by atoms with Crippen LogP contribution in [0.3, 0.4) is 0 Å². The number of ether oxygens (including phenoxy) is 1.